The number of unbranched alkanes of at least 4 members (excludes halogenated alkanes) is 5. The SMILES string of the molecule is Cc1c(OCCCCCCCCCl)ccc2cc(OCC(C)C)ccc12. The molecule has 2 nitrogen and oxygen atoms in total. The van der Waals surface area contributed by atoms with Crippen LogP contribution in [0.3, 0.4) is 0 Å². The van der Waals surface area contributed by atoms with Gasteiger partial charge in [-0.3, -0.25) is 0 Å². The third kappa shape index (κ3) is 6.72. The van der Waals surface area contributed by atoms with E-state index in [1.165, 1.54) is 42.0 Å². The van der Waals surface area contributed by atoms with Gasteiger partial charge in [-0.15, -0.1) is 11.6 Å². The molecule has 0 amide bonds. The van der Waals surface area contributed by atoms with E-state index in [9.17, 15) is 0 Å². The minimum Gasteiger partial charge on any atom is -0.493 e. The number of halogens is 1. The lowest BCUT2D eigenvalue weighted by molar-refractivity contribution is 0.271. The van der Waals surface area contributed by atoms with E-state index < -0.39 is 0 Å². The predicted octanol–water partition coefficient (Wildman–Crippen LogP) is 7.14. The molecule has 0 bridgehead atoms. The summed E-state index contributed by atoms with van der Waals surface area (Å²) in [6.07, 6.45) is 7.28. The average molecular weight is 377 g/mol. The number of hydrogen-bond acceptors (Lipinski definition) is 2. The molecule has 2 aromatic rings. The van der Waals surface area contributed by atoms with Crippen molar-refractivity contribution < 1.29 is 9.47 Å². The molecular weight excluding hydrogens is 344 g/mol. The van der Waals surface area contributed by atoms with Gasteiger partial charge >= 0.3 is 0 Å². The second kappa shape index (κ2) is 11.3. The largest absolute Gasteiger partial charge is 0.493 e. The zero-order valence-electron chi connectivity index (χ0n) is 16.5. The molecule has 2 rings (SSSR count). The number of hydrogen-bond donors (Lipinski definition) is 0. The van der Waals surface area contributed by atoms with Gasteiger partial charge in [0.1, 0.15) is 11.5 Å². The Morgan fingerprint density at radius 2 is 1.62 bits per heavy atom. The van der Waals surface area contributed by atoms with Crippen molar-refractivity contribution in [2.24, 2.45) is 5.92 Å². The normalized spacial score (nSPS) is 11.3. The molecule has 0 aliphatic carbocycles. The summed E-state index contributed by atoms with van der Waals surface area (Å²) in [7, 11) is 0. The molecule has 0 aromatic heterocycles. The van der Waals surface area contributed by atoms with Crippen LogP contribution >= 0.6 is 11.6 Å². The Balaban J connectivity index is 1.85. The summed E-state index contributed by atoms with van der Waals surface area (Å²) in [6, 6.07) is 10.5. The van der Waals surface area contributed by atoms with E-state index in [1.54, 1.807) is 0 Å². The summed E-state index contributed by atoms with van der Waals surface area (Å²) in [4.78, 5) is 0. The summed E-state index contributed by atoms with van der Waals surface area (Å²) in [5, 5.41) is 2.44. The van der Waals surface area contributed by atoms with Gasteiger partial charge in [-0.05, 0) is 60.2 Å². The van der Waals surface area contributed by atoms with Crippen molar-refractivity contribution >= 4 is 22.4 Å². The summed E-state index contributed by atoms with van der Waals surface area (Å²) in [5.41, 5.74) is 1.21. The van der Waals surface area contributed by atoms with Crippen molar-refractivity contribution in [2.75, 3.05) is 19.1 Å². The lowest BCUT2D eigenvalue weighted by atomic mass is 10.0. The molecule has 2 aromatic carbocycles. The smallest absolute Gasteiger partial charge is 0.122 e. The van der Waals surface area contributed by atoms with Crippen molar-refractivity contribution in [1.82, 2.24) is 0 Å². The van der Waals surface area contributed by atoms with Crippen LogP contribution < -0.4 is 9.47 Å². The van der Waals surface area contributed by atoms with Crippen molar-refractivity contribution in [2.45, 2.75) is 59.3 Å². The van der Waals surface area contributed by atoms with Crippen molar-refractivity contribution in [1.29, 1.82) is 0 Å². The number of ether oxygens (including phenoxy) is 2. The first kappa shape index (κ1) is 20.9. The van der Waals surface area contributed by atoms with E-state index in [2.05, 4.69) is 51.1 Å². The third-order valence-electron chi connectivity index (χ3n) is 4.58. The molecule has 0 atom stereocenters. The highest BCUT2D eigenvalue weighted by Crippen LogP contribution is 2.30. The Morgan fingerprint density at radius 3 is 2.35 bits per heavy atom. The fourth-order valence-electron chi connectivity index (χ4n) is 3.04. The van der Waals surface area contributed by atoms with E-state index in [1.807, 2.05) is 0 Å². The van der Waals surface area contributed by atoms with E-state index in [0.29, 0.717) is 5.92 Å². The Labute approximate surface area is 163 Å². The lowest BCUT2D eigenvalue weighted by Gasteiger charge is -2.13. The van der Waals surface area contributed by atoms with Crippen molar-refractivity contribution in [3.05, 3.63) is 35.9 Å². The minimum absolute atomic E-state index is 0.531. The monoisotopic (exact) mass is 376 g/mol. The highest BCUT2D eigenvalue weighted by Gasteiger charge is 2.06. The van der Waals surface area contributed by atoms with Gasteiger partial charge in [-0.25, -0.2) is 0 Å². The van der Waals surface area contributed by atoms with Gasteiger partial charge in [-0.1, -0.05) is 51.7 Å². The minimum atomic E-state index is 0.531. The van der Waals surface area contributed by atoms with Crippen molar-refractivity contribution in [3.8, 4) is 11.5 Å². The highest BCUT2D eigenvalue weighted by molar-refractivity contribution is 6.17. The first-order chi connectivity index (χ1) is 12.6. The Hall–Kier alpha value is -1.41. The zero-order valence-corrected chi connectivity index (χ0v) is 17.3. The first-order valence-corrected chi connectivity index (χ1v) is 10.5. The lowest BCUT2D eigenvalue weighted by Crippen LogP contribution is -2.04. The van der Waals surface area contributed by atoms with Crippen LogP contribution in [0.1, 0.15) is 57.9 Å². The first-order valence-electron chi connectivity index (χ1n) is 9.96. The number of fused-ring (bicyclic) bond motifs is 1. The third-order valence-corrected chi connectivity index (χ3v) is 4.85. The van der Waals surface area contributed by atoms with Gasteiger partial charge in [0.25, 0.3) is 0 Å². The maximum Gasteiger partial charge on any atom is 0.122 e. The second-order valence-corrected chi connectivity index (χ2v) is 7.81. The molecular formula is C23H33ClO2. The number of aryl methyl sites for hydroxylation is 1. The van der Waals surface area contributed by atoms with Gasteiger partial charge in [0.2, 0.25) is 0 Å². The van der Waals surface area contributed by atoms with Gasteiger partial charge in [-0.2, -0.15) is 0 Å². The molecule has 0 saturated carbocycles. The summed E-state index contributed by atoms with van der Waals surface area (Å²) >= 11 is 5.70. The second-order valence-electron chi connectivity index (χ2n) is 7.44. The molecule has 0 aliphatic heterocycles. The van der Waals surface area contributed by atoms with Gasteiger partial charge in [0.05, 0.1) is 13.2 Å². The standard InChI is InChI=1S/C23H33ClO2/c1-18(2)17-26-21-11-12-22-19(3)23(13-10-20(22)16-21)25-15-9-7-5-4-6-8-14-24/h10-13,16,18H,4-9,14-15,17H2,1-3H3. The molecule has 0 spiro atoms. The van der Waals surface area contributed by atoms with Crippen LogP contribution in [0, 0.1) is 12.8 Å². The number of rotatable bonds is 12. The summed E-state index contributed by atoms with van der Waals surface area (Å²) in [6.45, 7) is 8.00. The molecule has 26 heavy (non-hydrogen) atoms. The molecule has 0 saturated heterocycles. The van der Waals surface area contributed by atoms with Crippen LogP contribution in [0.2, 0.25) is 0 Å². The van der Waals surface area contributed by atoms with E-state index in [0.717, 1.165) is 43.4 Å². The van der Waals surface area contributed by atoms with Crippen LogP contribution in [0.15, 0.2) is 30.3 Å². The number of benzene rings is 2. The Kier molecular flexibility index (Phi) is 9.11. The average Bonchev–Trinajstić information content (AvgIpc) is 2.63. The molecule has 0 aliphatic rings. The van der Waals surface area contributed by atoms with Crippen LogP contribution in [-0.4, -0.2) is 19.1 Å². The molecule has 3 heteroatoms. The Bertz CT molecular complexity index is 667. The maximum atomic E-state index is 6.03. The van der Waals surface area contributed by atoms with Crippen LogP contribution in [0.4, 0.5) is 0 Å². The molecule has 0 fully saturated rings. The maximum absolute atomic E-state index is 6.03. The van der Waals surface area contributed by atoms with E-state index >= 15 is 0 Å². The molecule has 0 unspecified atom stereocenters. The van der Waals surface area contributed by atoms with Gasteiger partial charge in [0, 0.05) is 5.88 Å². The van der Waals surface area contributed by atoms with E-state index in [4.69, 9.17) is 21.1 Å². The molecule has 0 N–H and O–H groups in total. The number of alkyl halides is 1. The highest BCUT2D eigenvalue weighted by atomic mass is 35.5. The molecule has 144 valence electrons. The van der Waals surface area contributed by atoms with E-state index in [-0.39, 0.29) is 0 Å². The van der Waals surface area contributed by atoms with Gasteiger partial charge < -0.3 is 9.47 Å². The molecule has 0 radical (unpaired) electrons. The molecule has 0 heterocycles. The predicted molar refractivity (Wildman–Crippen MR) is 113 cm³/mol. The quantitative estimate of drug-likeness (QED) is 0.289. The van der Waals surface area contributed by atoms with Crippen LogP contribution in [0.5, 0.6) is 11.5 Å². The topological polar surface area (TPSA) is 18.5 Å². The fourth-order valence-corrected chi connectivity index (χ4v) is 3.23. The zero-order chi connectivity index (χ0) is 18.8. The fraction of sp³-hybridized carbons (Fsp3) is 0.565. The summed E-state index contributed by atoms with van der Waals surface area (Å²) in [5.74, 6) is 3.25. The summed E-state index contributed by atoms with van der Waals surface area (Å²) < 4.78 is 11.9. The van der Waals surface area contributed by atoms with Crippen LogP contribution in [-0.2, 0) is 0 Å². The van der Waals surface area contributed by atoms with Crippen molar-refractivity contribution in [3.63, 3.8) is 0 Å². The van der Waals surface area contributed by atoms with Gasteiger partial charge in [0.15, 0.2) is 0 Å². The van der Waals surface area contributed by atoms with Crippen LogP contribution in [0.25, 0.3) is 10.8 Å². The Morgan fingerprint density at radius 1 is 0.885 bits per heavy atom.